The fourth-order valence-corrected chi connectivity index (χ4v) is 4.22. The predicted molar refractivity (Wildman–Crippen MR) is 114 cm³/mol. The van der Waals surface area contributed by atoms with Crippen molar-refractivity contribution in [2.75, 3.05) is 24.5 Å². The van der Waals surface area contributed by atoms with Crippen LogP contribution in [0.4, 0.5) is 24.5 Å². The van der Waals surface area contributed by atoms with Crippen molar-refractivity contribution < 1.29 is 23.1 Å². The molecular formula is C24H25F3N2O2. The third kappa shape index (κ3) is 4.93. The molecule has 1 fully saturated rings. The fraction of sp³-hybridized carbons (Fsp3) is 0.375. The summed E-state index contributed by atoms with van der Waals surface area (Å²) in [6, 6.07) is 15.5. The van der Waals surface area contributed by atoms with Crippen LogP contribution < -0.4 is 4.90 Å². The number of benzene rings is 2. The Hall–Kier alpha value is -2.80. The van der Waals surface area contributed by atoms with Crippen molar-refractivity contribution in [1.29, 1.82) is 0 Å². The number of carbonyl (C=O) groups is 1. The van der Waals surface area contributed by atoms with Gasteiger partial charge in [0.05, 0.1) is 5.60 Å². The lowest BCUT2D eigenvalue weighted by molar-refractivity contribution is -0.150. The van der Waals surface area contributed by atoms with Crippen molar-refractivity contribution in [3.63, 3.8) is 0 Å². The Bertz CT molecular complexity index is 962. The molecule has 1 saturated heterocycles. The normalized spacial score (nSPS) is 18.1. The van der Waals surface area contributed by atoms with Crippen LogP contribution in [0.1, 0.15) is 41.6 Å². The van der Waals surface area contributed by atoms with Crippen LogP contribution in [-0.2, 0) is 0 Å². The molecule has 0 radical (unpaired) electrons. The van der Waals surface area contributed by atoms with Gasteiger partial charge in [0, 0.05) is 43.0 Å². The first-order valence-electron chi connectivity index (χ1n) is 10.5. The average molecular weight is 430 g/mol. The lowest BCUT2D eigenvalue weighted by atomic mass is 9.86. The Balaban J connectivity index is 1.39. The van der Waals surface area contributed by atoms with Crippen LogP contribution in [-0.4, -0.2) is 47.3 Å². The number of likely N-dealkylation sites (tertiary alicyclic amines) is 1. The summed E-state index contributed by atoms with van der Waals surface area (Å²) in [5, 5.41) is 10.4. The molecule has 2 aromatic rings. The van der Waals surface area contributed by atoms with E-state index < -0.39 is 18.2 Å². The second kappa shape index (κ2) is 8.38. The molecule has 4 nitrogen and oxygen atoms in total. The average Bonchev–Trinajstić information content (AvgIpc) is 2.77. The molecule has 0 bridgehead atoms. The van der Waals surface area contributed by atoms with Crippen molar-refractivity contribution in [3.05, 3.63) is 65.7 Å². The van der Waals surface area contributed by atoms with Crippen molar-refractivity contribution in [2.24, 2.45) is 0 Å². The summed E-state index contributed by atoms with van der Waals surface area (Å²) in [5.41, 5.74) is 2.41. The van der Waals surface area contributed by atoms with Crippen LogP contribution in [0.5, 0.6) is 0 Å². The SMILES string of the molecule is O=C(c1ccc(N2CC=Cc3ccccc32)cc1)N1CCC(O)(CCC(F)(F)F)CC1. The number of alkyl halides is 3. The van der Waals surface area contributed by atoms with E-state index in [0.717, 1.165) is 23.5 Å². The number of anilines is 2. The molecule has 0 saturated carbocycles. The minimum Gasteiger partial charge on any atom is -0.390 e. The Kier molecular flexibility index (Phi) is 5.79. The van der Waals surface area contributed by atoms with Gasteiger partial charge in [-0.3, -0.25) is 4.79 Å². The molecule has 0 aromatic heterocycles. The lowest BCUT2D eigenvalue weighted by Gasteiger charge is -2.38. The van der Waals surface area contributed by atoms with Gasteiger partial charge >= 0.3 is 6.18 Å². The van der Waals surface area contributed by atoms with Gasteiger partial charge in [0.15, 0.2) is 0 Å². The van der Waals surface area contributed by atoms with Crippen molar-refractivity contribution in [1.82, 2.24) is 4.90 Å². The highest BCUT2D eigenvalue weighted by atomic mass is 19.4. The first-order valence-corrected chi connectivity index (χ1v) is 10.5. The number of halogens is 3. The maximum Gasteiger partial charge on any atom is 0.389 e. The van der Waals surface area contributed by atoms with Gasteiger partial charge in [0.25, 0.3) is 5.91 Å². The number of fused-ring (bicyclic) bond motifs is 1. The molecule has 31 heavy (non-hydrogen) atoms. The summed E-state index contributed by atoms with van der Waals surface area (Å²) in [6.45, 7) is 1.24. The molecule has 2 heterocycles. The van der Waals surface area contributed by atoms with E-state index in [1.807, 2.05) is 24.3 Å². The zero-order valence-corrected chi connectivity index (χ0v) is 17.1. The standard InChI is InChI=1S/C24H25F3N2O2/c25-24(26,27)12-11-23(31)13-16-28(17-14-23)22(30)19-7-9-20(10-8-19)29-15-3-5-18-4-1-2-6-21(18)29/h1-10,31H,11-17H2. The third-order valence-electron chi connectivity index (χ3n) is 6.09. The molecule has 0 unspecified atom stereocenters. The molecule has 0 spiro atoms. The van der Waals surface area contributed by atoms with Crippen LogP contribution >= 0.6 is 0 Å². The molecule has 1 N–H and O–H groups in total. The van der Waals surface area contributed by atoms with Gasteiger partial charge in [-0.25, -0.2) is 0 Å². The molecule has 4 rings (SSSR count). The van der Waals surface area contributed by atoms with Gasteiger partial charge in [0.2, 0.25) is 0 Å². The molecule has 164 valence electrons. The van der Waals surface area contributed by atoms with E-state index in [1.165, 1.54) is 0 Å². The Labute approximate surface area is 179 Å². The van der Waals surface area contributed by atoms with Gasteiger partial charge in [-0.2, -0.15) is 13.2 Å². The first-order chi connectivity index (χ1) is 14.7. The number of hydrogen-bond acceptors (Lipinski definition) is 3. The topological polar surface area (TPSA) is 43.8 Å². The summed E-state index contributed by atoms with van der Waals surface area (Å²) >= 11 is 0. The van der Waals surface area contributed by atoms with Gasteiger partial charge in [-0.05, 0) is 55.2 Å². The molecule has 7 heteroatoms. The van der Waals surface area contributed by atoms with Crippen molar-refractivity contribution >= 4 is 23.4 Å². The minimum atomic E-state index is -4.28. The molecule has 2 aromatic carbocycles. The maximum atomic E-state index is 12.9. The summed E-state index contributed by atoms with van der Waals surface area (Å²) in [4.78, 5) is 16.6. The minimum absolute atomic E-state index is 0.157. The predicted octanol–water partition coefficient (Wildman–Crippen LogP) is 5.16. The second-order valence-electron chi connectivity index (χ2n) is 8.25. The summed E-state index contributed by atoms with van der Waals surface area (Å²) in [5.74, 6) is -0.164. The molecular weight excluding hydrogens is 405 g/mol. The Morgan fingerprint density at radius 3 is 2.39 bits per heavy atom. The van der Waals surface area contributed by atoms with E-state index in [4.69, 9.17) is 0 Å². The number of aliphatic hydroxyl groups is 1. The highest BCUT2D eigenvalue weighted by molar-refractivity contribution is 5.95. The first kappa shape index (κ1) is 21.4. The molecule has 0 atom stereocenters. The quantitative estimate of drug-likeness (QED) is 0.729. The van der Waals surface area contributed by atoms with E-state index in [0.29, 0.717) is 5.56 Å². The highest BCUT2D eigenvalue weighted by Gasteiger charge is 2.38. The van der Waals surface area contributed by atoms with Crippen molar-refractivity contribution in [3.8, 4) is 0 Å². The van der Waals surface area contributed by atoms with Crippen LogP contribution in [0.15, 0.2) is 54.6 Å². The zero-order valence-electron chi connectivity index (χ0n) is 17.1. The summed E-state index contributed by atoms with van der Waals surface area (Å²) in [6.07, 6.45) is -1.11. The van der Waals surface area contributed by atoms with Gasteiger partial charge < -0.3 is 14.9 Å². The van der Waals surface area contributed by atoms with E-state index in [9.17, 15) is 23.1 Å². The Morgan fingerprint density at radius 2 is 1.71 bits per heavy atom. The van der Waals surface area contributed by atoms with Gasteiger partial charge in [-0.15, -0.1) is 0 Å². The second-order valence-corrected chi connectivity index (χ2v) is 8.25. The fourth-order valence-electron chi connectivity index (χ4n) is 4.22. The Morgan fingerprint density at radius 1 is 1.03 bits per heavy atom. The maximum absolute atomic E-state index is 12.9. The molecule has 0 aliphatic carbocycles. The summed E-state index contributed by atoms with van der Waals surface area (Å²) < 4.78 is 37.4. The van der Waals surface area contributed by atoms with E-state index in [1.54, 1.807) is 17.0 Å². The van der Waals surface area contributed by atoms with Gasteiger partial charge in [0.1, 0.15) is 0 Å². The van der Waals surface area contributed by atoms with E-state index in [-0.39, 0.29) is 38.3 Å². The lowest BCUT2D eigenvalue weighted by Crippen LogP contribution is -2.47. The van der Waals surface area contributed by atoms with Gasteiger partial charge in [-0.1, -0.05) is 30.4 Å². The zero-order chi connectivity index (χ0) is 22.1. The van der Waals surface area contributed by atoms with Crippen LogP contribution in [0.2, 0.25) is 0 Å². The highest BCUT2D eigenvalue weighted by Crippen LogP contribution is 2.34. The number of nitrogens with zero attached hydrogens (tertiary/aromatic N) is 2. The van der Waals surface area contributed by atoms with Crippen LogP contribution in [0, 0.1) is 0 Å². The number of carbonyl (C=O) groups excluding carboxylic acids is 1. The number of amides is 1. The van der Waals surface area contributed by atoms with E-state index in [2.05, 4.69) is 29.2 Å². The number of rotatable bonds is 4. The number of para-hydroxylation sites is 1. The largest absolute Gasteiger partial charge is 0.390 e. The molecule has 2 aliphatic rings. The van der Waals surface area contributed by atoms with Crippen LogP contribution in [0.3, 0.4) is 0 Å². The smallest absolute Gasteiger partial charge is 0.389 e. The van der Waals surface area contributed by atoms with Crippen LogP contribution in [0.25, 0.3) is 6.08 Å². The van der Waals surface area contributed by atoms with Crippen molar-refractivity contribution in [2.45, 2.75) is 37.5 Å². The number of hydrogen-bond donors (Lipinski definition) is 1. The summed E-state index contributed by atoms with van der Waals surface area (Å²) in [7, 11) is 0. The monoisotopic (exact) mass is 430 g/mol. The third-order valence-corrected chi connectivity index (χ3v) is 6.09. The van der Waals surface area contributed by atoms with E-state index >= 15 is 0 Å². The molecule has 2 aliphatic heterocycles. The molecule has 1 amide bonds. The number of piperidine rings is 1.